The molecule has 1 aliphatic rings. The Hall–Kier alpha value is -1.61. The van der Waals surface area contributed by atoms with Crippen LogP contribution in [-0.2, 0) is 13.0 Å². The minimum atomic E-state index is 0.539. The molecular formula is C18H25N3. The maximum Gasteiger partial charge on any atom is 0.0762 e. The smallest absolute Gasteiger partial charge is 0.0762 e. The van der Waals surface area contributed by atoms with Gasteiger partial charge in [-0.3, -0.25) is 4.68 Å². The van der Waals surface area contributed by atoms with Crippen LogP contribution in [0.4, 0.5) is 0 Å². The van der Waals surface area contributed by atoms with E-state index in [4.69, 9.17) is 5.10 Å². The summed E-state index contributed by atoms with van der Waals surface area (Å²) < 4.78 is 2.12. The molecule has 0 amide bonds. The second kappa shape index (κ2) is 6.44. The molecule has 21 heavy (non-hydrogen) atoms. The van der Waals surface area contributed by atoms with E-state index in [9.17, 15) is 0 Å². The fourth-order valence-electron chi connectivity index (χ4n) is 3.26. The van der Waals surface area contributed by atoms with E-state index >= 15 is 0 Å². The minimum absolute atomic E-state index is 0.539. The van der Waals surface area contributed by atoms with Gasteiger partial charge < -0.3 is 5.32 Å². The Balaban J connectivity index is 1.48. The van der Waals surface area contributed by atoms with E-state index in [2.05, 4.69) is 60.4 Å². The lowest BCUT2D eigenvalue weighted by Crippen LogP contribution is -2.29. The zero-order valence-electron chi connectivity index (χ0n) is 13.0. The van der Waals surface area contributed by atoms with Crippen LogP contribution in [0.5, 0.6) is 0 Å². The molecule has 3 nitrogen and oxygen atoms in total. The Morgan fingerprint density at radius 2 is 2.05 bits per heavy atom. The van der Waals surface area contributed by atoms with Crippen molar-refractivity contribution < 1.29 is 0 Å². The lowest BCUT2D eigenvalue weighted by atomic mass is 9.77. The molecule has 1 aromatic heterocycles. The van der Waals surface area contributed by atoms with E-state index in [0.29, 0.717) is 12.0 Å². The molecule has 0 saturated heterocycles. The Labute approximate surface area is 127 Å². The molecule has 1 heterocycles. The fourth-order valence-corrected chi connectivity index (χ4v) is 3.26. The molecule has 2 aromatic rings. The van der Waals surface area contributed by atoms with Crippen molar-refractivity contribution in [2.45, 2.75) is 51.6 Å². The molecular weight excluding hydrogens is 258 g/mol. The number of benzene rings is 1. The summed E-state index contributed by atoms with van der Waals surface area (Å²) in [5.74, 6) is 0.683. The van der Waals surface area contributed by atoms with Gasteiger partial charge in [0.15, 0.2) is 0 Å². The van der Waals surface area contributed by atoms with Gasteiger partial charge in [-0.1, -0.05) is 38.1 Å². The molecule has 0 fully saturated rings. The van der Waals surface area contributed by atoms with Gasteiger partial charge in [-0.05, 0) is 36.5 Å². The van der Waals surface area contributed by atoms with Crippen LogP contribution in [0.15, 0.2) is 36.5 Å². The molecule has 1 aliphatic carbocycles. The fraction of sp³-hybridized carbons (Fsp3) is 0.500. The van der Waals surface area contributed by atoms with E-state index in [0.717, 1.165) is 31.6 Å². The van der Waals surface area contributed by atoms with Crippen molar-refractivity contribution in [3.8, 4) is 0 Å². The van der Waals surface area contributed by atoms with Crippen LogP contribution in [-0.4, -0.2) is 16.3 Å². The summed E-state index contributed by atoms with van der Waals surface area (Å²) in [6.07, 6.45) is 5.62. The van der Waals surface area contributed by atoms with Gasteiger partial charge in [-0.15, -0.1) is 0 Å². The lowest BCUT2D eigenvalue weighted by Gasteiger charge is -2.30. The van der Waals surface area contributed by atoms with Gasteiger partial charge in [0.25, 0.3) is 0 Å². The van der Waals surface area contributed by atoms with E-state index in [1.165, 1.54) is 17.5 Å². The molecule has 0 bridgehead atoms. The van der Waals surface area contributed by atoms with Crippen LogP contribution in [0.2, 0.25) is 0 Å². The predicted octanol–water partition coefficient (Wildman–Crippen LogP) is 3.67. The Bertz CT molecular complexity index is 584. The first-order valence-electron chi connectivity index (χ1n) is 8.14. The van der Waals surface area contributed by atoms with Crippen LogP contribution in [0.1, 0.15) is 55.5 Å². The topological polar surface area (TPSA) is 29.9 Å². The van der Waals surface area contributed by atoms with E-state index in [1.54, 1.807) is 0 Å². The monoisotopic (exact) mass is 283 g/mol. The van der Waals surface area contributed by atoms with Gasteiger partial charge in [0.1, 0.15) is 0 Å². The van der Waals surface area contributed by atoms with E-state index in [-0.39, 0.29) is 0 Å². The van der Waals surface area contributed by atoms with Crippen LogP contribution in [0.25, 0.3) is 0 Å². The largest absolute Gasteiger partial charge is 0.310 e. The van der Waals surface area contributed by atoms with Crippen LogP contribution in [0.3, 0.4) is 0 Å². The molecule has 1 aromatic carbocycles. The van der Waals surface area contributed by atoms with E-state index < -0.39 is 0 Å². The normalized spacial score (nSPS) is 16.8. The zero-order valence-corrected chi connectivity index (χ0v) is 13.0. The van der Waals surface area contributed by atoms with Crippen molar-refractivity contribution in [1.82, 2.24) is 15.1 Å². The maximum atomic E-state index is 4.69. The van der Waals surface area contributed by atoms with Gasteiger partial charge in [0.05, 0.1) is 11.7 Å². The minimum Gasteiger partial charge on any atom is -0.310 e. The third-order valence-electron chi connectivity index (χ3n) is 4.64. The molecule has 3 heteroatoms. The number of nitrogens with zero attached hydrogens (tertiary/aromatic N) is 2. The average molecular weight is 283 g/mol. The van der Waals surface area contributed by atoms with Crippen molar-refractivity contribution in [2.24, 2.45) is 0 Å². The first-order valence-corrected chi connectivity index (χ1v) is 8.14. The number of hydrogen-bond donors (Lipinski definition) is 1. The summed E-state index contributed by atoms with van der Waals surface area (Å²) in [5.41, 5.74) is 4.18. The Kier molecular flexibility index (Phi) is 4.39. The molecule has 0 radical (unpaired) electrons. The molecule has 112 valence electrons. The van der Waals surface area contributed by atoms with Crippen molar-refractivity contribution in [1.29, 1.82) is 0 Å². The summed E-state index contributed by atoms with van der Waals surface area (Å²) in [7, 11) is 0. The van der Waals surface area contributed by atoms with Crippen molar-refractivity contribution in [3.05, 3.63) is 53.3 Å². The third kappa shape index (κ3) is 3.03. The summed E-state index contributed by atoms with van der Waals surface area (Å²) in [4.78, 5) is 0. The molecule has 1 unspecified atom stereocenters. The summed E-state index contributed by atoms with van der Waals surface area (Å²) in [6, 6.07) is 11.4. The first kappa shape index (κ1) is 14.3. The highest BCUT2D eigenvalue weighted by Crippen LogP contribution is 2.33. The lowest BCUT2D eigenvalue weighted by molar-refractivity contribution is 0.423. The van der Waals surface area contributed by atoms with E-state index in [1.807, 2.05) is 0 Å². The average Bonchev–Trinajstić information content (AvgIpc) is 2.94. The first-order chi connectivity index (χ1) is 10.3. The highest BCUT2D eigenvalue weighted by Gasteiger charge is 2.24. The highest BCUT2D eigenvalue weighted by atomic mass is 15.3. The summed E-state index contributed by atoms with van der Waals surface area (Å²) in [5, 5.41) is 8.25. The van der Waals surface area contributed by atoms with Crippen LogP contribution in [0, 0.1) is 0 Å². The zero-order chi connectivity index (χ0) is 14.7. The number of fused-ring (bicyclic) bond motifs is 1. The van der Waals surface area contributed by atoms with Gasteiger partial charge in [-0.25, -0.2) is 0 Å². The molecule has 3 rings (SSSR count). The molecule has 0 saturated carbocycles. The molecule has 1 atom stereocenters. The maximum absolute atomic E-state index is 4.69. The van der Waals surface area contributed by atoms with Crippen LogP contribution < -0.4 is 5.32 Å². The number of nitrogens with one attached hydrogen (secondary N) is 1. The Morgan fingerprint density at radius 1 is 1.24 bits per heavy atom. The summed E-state index contributed by atoms with van der Waals surface area (Å²) >= 11 is 0. The quantitative estimate of drug-likeness (QED) is 0.840. The third-order valence-corrected chi connectivity index (χ3v) is 4.64. The van der Waals surface area contributed by atoms with Gasteiger partial charge in [0, 0.05) is 25.2 Å². The van der Waals surface area contributed by atoms with Crippen molar-refractivity contribution >= 4 is 0 Å². The van der Waals surface area contributed by atoms with Gasteiger partial charge >= 0.3 is 0 Å². The second-order valence-electron chi connectivity index (χ2n) is 5.99. The number of rotatable bonds is 7. The highest BCUT2D eigenvalue weighted by molar-refractivity contribution is 5.40. The van der Waals surface area contributed by atoms with Crippen molar-refractivity contribution in [2.75, 3.05) is 6.54 Å². The molecule has 0 spiro atoms. The Morgan fingerprint density at radius 3 is 2.81 bits per heavy atom. The molecule has 1 N–H and O–H groups in total. The number of aromatic nitrogens is 2. The summed E-state index contributed by atoms with van der Waals surface area (Å²) in [6.45, 7) is 6.37. The van der Waals surface area contributed by atoms with Crippen LogP contribution >= 0.6 is 0 Å². The number of hydrogen-bond acceptors (Lipinski definition) is 2. The standard InChI is InChI=1S/C18H25N3/c1-3-17(4-2)21-10-9-16(20-21)13-19-12-15-11-14-7-5-6-8-18(14)15/h5-10,15,17,19H,3-4,11-13H2,1-2H3. The van der Waals surface area contributed by atoms with Gasteiger partial charge in [-0.2, -0.15) is 5.10 Å². The van der Waals surface area contributed by atoms with Crippen molar-refractivity contribution in [3.63, 3.8) is 0 Å². The molecule has 0 aliphatic heterocycles. The predicted molar refractivity (Wildman–Crippen MR) is 86.4 cm³/mol. The second-order valence-corrected chi connectivity index (χ2v) is 5.99. The van der Waals surface area contributed by atoms with Gasteiger partial charge in [0.2, 0.25) is 0 Å². The SMILES string of the molecule is CCC(CC)n1ccc(CNCC2Cc3ccccc32)n1.